The third-order valence-electron chi connectivity index (χ3n) is 6.03. The fourth-order valence-electron chi connectivity index (χ4n) is 4.34. The van der Waals surface area contributed by atoms with Crippen LogP contribution in [-0.4, -0.2) is 54.0 Å². The van der Waals surface area contributed by atoms with Crippen LogP contribution in [-0.2, 0) is 16.1 Å². The molecule has 0 radical (unpaired) electrons. The summed E-state index contributed by atoms with van der Waals surface area (Å²) in [5, 5.41) is 6.48. The normalized spacial score (nSPS) is 20.5. The number of carbonyl (C=O) groups is 3. The van der Waals surface area contributed by atoms with Crippen LogP contribution >= 0.6 is 11.6 Å². The number of amides is 4. The van der Waals surface area contributed by atoms with E-state index in [2.05, 4.69) is 10.6 Å². The van der Waals surface area contributed by atoms with Crippen molar-refractivity contribution in [2.45, 2.75) is 32.5 Å². The molecule has 9 heteroatoms. The van der Waals surface area contributed by atoms with Gasteiger partial charge in [-0.2, -0.15) is 0 Å². The lowest BCUT2D eigenvalue weighted by atomic mass is 9.91. The monoisotopic (exact) mass is 470 g/mol. The maximum atomic E-state index is 13.4. The van der Waals surface area contributed by atoms with Crippen molar-refractivity contribution in [3.63, 3.8) is 0 Å². The summed E-state index contributed by atoms with van der Waals surface area (Å²) in [6, 6.07) is 12.1. The third-order valence-corrected chi connectivity index (χ3v) is 6.27. The van der Waals surface area contributed by atoms with Crippen molar-refractivity contribution in [1.29, 1.82) is 0 Å². The summed E-state index contributed by atoms with van der Waals surface area (Å²) in [5.41, 5.74) is 2.37. The lowest BCUT2D eigenvalue weighted by Gasteiger charge is -2.46. The smallest absolute Gasteiger partial charge is 0.328 e. The highest BCUT2D eigenvalue weighted by Gasteiger charge is 2.47. The number of nitrogens with one attached hydrogen (secondary N) is 2. The van der Waals surface area contributed by atoms with Gasteiger partial charge in [-0.05, 0) is 50.1 Å². The number of ether oxygens (including phenoxy) is 1. The van der Waals surface area contributed by atoms with Crippen LogP contribution in [0.5, 0.6) is 5.75 Å². The molecule has 0 aliphatic carbocycles. The number of rotatable bonds is 6. The molecule has 0 saturated carbocycles. The number of benzene rings is 2. The standard InChI is InChI=1S/C24H27ClN4O4/c1-15-5-7-16(8-6-15)13-29-23(31)18-4-3-11-26-22(18)28(24(29)32)14-21(30)27-19-12-17(25)9-10-20(19)33-2/h5-10,12,18,22,26H,3-4,11,13-14H2,1-2H3,(H,27,30). The summed E-state index contributed by atoms with van der Waals surface area (Å²) in [5.74, 6) is -0.538. The molecule has 2 aromatic carbocycles. The lowest BCUT2D eigenvalue weighted by Crippen LogP contribution is -2.68. The zero-order valence-electron chi connectivity index (χ0n) is 18.6. The number of piperidine rings is 1. The Balaban J connectivity index is 1.55. The quantitative estimate of drug-likeness (QED) is 0.675. The molecule has 0 aromatic heterocycles. The van der Waals surface area contributed by atoms with Gasteiger partial charge in [0.1, 0.15) is 12.3 Å². The van der Waals surface area contributed by atoms with Crippen LogP contribution in [0.15, 0.2) is 42.5 Å². The molecule has 2 unspecified atom stereocenters. The molecule has 2 aliphatic heterocycles. The first-order chi connectivity index (χ1) is 15.9. The van der Waals surface area contributed by atoms with Gasteiger partial charge in [0, 0.05) is 5.02 Å². The lowest BCUT2D eigenvalue weighted by molar-refractivity contribution is -0.143. The summed E-state index contributed by atoms with van der Waals surface area (Å²) < 4.78 is 5.28. The van der Waals surface area contributed by atoms with Crippen molar-refractivity contribution in [2.75, 3.05) is 25.5 Å². The molecule has 2 N–H and O–H groups in total. The summed E-state index contributed by atoms with van der Waals surface area (Å²) in [4.78, 5) is 42.2. The number of hydrogen-bond acceptors (Lipinski definition) is 5. The fourth-order valence-corrected chi connectivity index (χ4v) is 4.51. The Morgan fingerprint density at radius 3 is 2.70 bits per heavy atom. The Kier molecular flexibility index (Phi) is 6.85. The van der Waals surface area contributed by atoms with Crippen LogP contribution < -0.4 is 15.4 Å². The zero-order chi connectivity index (χ0) is 23.5. The highest BCUT2D eigenvalue weighted by Crippen LogP contribution is 2.30. The number of fused-ring (bicyclic) bond motifs is 1. The van der Waals surface area contributed by atoms with Gasteiger partial charge < -0.3 is 10.1 Å². The fraction of sp³-hybridized carbons (Fsp3) is 0.375. The second-order valence-electron chi connectivity index (χ2n) is 8.36. The van der Waals surface area contributed by atoms with Gasteiger partial charge in [0.2, 0.25) is 11.8 Å². The minimum atomic E-state index is -0.514. The van der Waals surface area contributed by atoms with Gasteiger partial charge in [-0.15, -0.1) is 0 Å². The Hall–Kier alpha value is -3.10. The van der Waals surface area contributed by atoms with E-state index in [4.69, 9.17) is 16.3 Å². The molecule has 2 saturated heterocycles. The van der Waals surface area contributed by atoms with Gasteiger partial charge in [0.25, 0.3) is 0 Å². The Morgan fingerprint density at radius 1 is 1.21 bits per heavy atom. The number of anilines is 1. The van der Waals surface area contributed by atoms with E-state index in [9.17, 15) is 14.4 Å². The molecule has 2 aliphatic rings. The number of urea groups is 1. The average molecular weight is 471 g/mol. The Labute approximate surface area is 197 Å². The molecular weight excluding hydrogens is 444 g/mol. The number of methoxy groups -OCH3 is 1. The first kappa shape index (κ1) is 23.1. The average Bonchev–Trinajstić information content (AvgIpc) is 2.81. The van der Waals surface area contributed by atoms with E-state index in [1.165, 1.54) is 16.9 Å². The predicted octanol–water partition coefficient (Wildman–Crippen LogP) is 3.39. The molecule has 8 nitrogen and oxygen atoms in total. The SMILES string of the molecule is COc1ccc(Cl)cc1NC(=O)CN1C(=O)N(Cc2ccc(C)cc2)C(=O)C2CCCNC21. The van der Waals surface area contributed by atoms with Crippen LogP contribution in [0.25, 0.3) is 0 Å². The third kappa shape index (κ3) is 4.96. The van der Waals surface area contributed by atoms with Crippen LogP contribution in [0, 0.1) is 12.8 Å². The van der Waals surface area contributed by atoms with E-state index in [-0.39, 0.29) is 19.0 Å². The zero-order valence-corrected chi connectivity index (χ0v) is 19.4. The highest BCUT2D eigenvalue weighted by molar-refractivity contribution is 6.31. The van der Waals surface area contributed by atoms with E-state index in [1.807, 2.05) is 31.2 Å². The van der Waals surface area contributed by atoms with Crippen molar-refractivity contribution < 1.29 is 19.1 Å². The number of aryl methyl sites for hydroxylation is 1. The number of carbonyl (C=O) groups excluding carboxylic acids is 3. The highest BCUT2D eigenvalue weighted by atomic mass is 35.5. The number of imide groups is 1. The first-order valence-corrected chi connectivity index (χ1v) is 11.3. The summed E-state index contributed by atoms with van der Waals surface area (Å²) >= 11 is 6.06. The second kappa shape index (κ2) is 9.80. The Morgan fingerprint density at radius 2 is 1.97 bits per heavy atom. The van der Waals surface area contributed by atoms with Crippen LogP contribution in [0.2, 0.25) is 5.02 Å². The van der Waals surface area contributed by atoms with Crippen LogP contribution in [0.1, 0.15) is 24.0 Å². The minimum Gasteiger partial charge on any atom is -0.495 e. The maximum Gasteiger partial charge on any atom is 0.328 e. The van der Waals surface area contributed by atoms with Gasteiger partial charge in [-0.25, -0.2) is 4.79 Å². The predicted molar refractivity (Wildman–Crippen MR) is 125 cm³/mol. The summed E-state index contributed by atoms with van der Waals surface area (Å²) in [7, 11) is 1.50. The summed E-state index contributed by atoms with van der Waals surface area (Å²) in [6.45, 7) is 2.62. The summed E-state index contributed by atoms with van der Waals surface area (Å²) in [6.07, 6.45) is 0.980. The molecule has 0 bridgehead atoms. The van der Waals surface area contributed by atoms with E-state index in [0.717, 1.165) is 17.5 Å². The molecule has 2 fully saturated rings. The van der Waals surface area contributed by atoms with E-state index >= 15 is 0 Å². The van der Waals surface area contributed by atoms with Crippen molar-refractivity contribution in [3.8, 4) is 5.75 Å². The Bertz CT molecular complexity index is 1060. The maximum absolute atomic E-state index is 13.4. The molecule has 2 atom stereocenters. The molecule has 4 rings (SSSR count). The molecule has 2 heterocycles. The second-order valence-corrected chi connectivity index (χ2v) is 8.80. The van der Waals surface area contributed by atoms with Crippen LogP contribution in [0.3, 0.4) is 0 Å². The van der Waals surface area contributed by atoms with Gasteiger partial charge in [-0.3, -0.25) is 24.7 Å². The topological polar surface area (TPSA) is 91.0 Å². The van der Waals surface area contributed by atoms with Crippen molar-refractivity contribution in [1.82, 2.24) is 15.1 Å². The van der Waals surface area contributed by atoms with Crippen molar-refractivity contribution in [3.05, 3.63) is 58.6 Å². The number of nitrogens with zero attached hydrogens (tertiary/aromatic N) is 2. The van der Waals surface area contributed by atoms with Crippen molar-refractivity contribution in [2.24, 2.45) is 5.92 Å². The van der Waals surface area contributed by atoms with E-state index in [0.29, 0.717) is 29.4 Å². The number of hydrogen-bond donors (Lipinski definition) is 2. The van der Waals surface area contributed by atoms with Gasteiger partial charge >= 0.3 is 6.03 Å². The number of halogens is 1. The van der Waals surface area contributed by atoms with E-state index < -0.39 is 24.0 Å². The van der Waals surface area contributed by atoms with Gasteiger partial charge in [-0.1, -0.05) is 41.4 Å². The molecule has 33 heavy (non-hydrogen) atoms. The first-order valence-electron chi connectivity index (χ1n) is 10.9. The van der Waals surface area contributed by atoms with Gasteiger partial charge in [0.05, 0.1) is 31.4 Å². The van der Waals surface area contributed by atoms with Crippen LogP contribution in [0.4, 0.5) is 10.5 Å². The molecule has 174 valence electrons. The molecule has 0 spiro atoms. The van der Waals surface area contributed by atoms with Crippen molar-refractivity contribution >= 4 is 35.1 Å². The molecular formula is C24H27ClN4O4. The van der Waals surface area contributed by atoms with Gasteiger partial charge in [0.15, 0.2) is 0 Å². The molecule has 4 amide bonds. The molecule has 2 aromatic rings. The van der Waals surface area contributed by atoms with E-state index in [1.54, 1.807) is 18.2 Å². The largest absolute Gasteiger partial charge is 0.495 e. The minimum absolute atomic E-state index is 0.168.